The van der Waals surface area contributed by atoms with Gasteiger partial charge in [0, 0.05) is 18.0 Å². The van der Waals surface area contributed by atoms with E-state index < -0.39 is 0 Å². The third-order valence-corrected chi connectivity index (χ3v) is 5.96. The standard InChI is InChI=1S/C17H23N3O2S2/c1-6-8-18-14(21)12(5)24-17-19-15-13(10(3)11(4)23-15)16(22)20(17)9-7-2/h7,12H,2,6,8-9H2,1,3-5H3,(H,18,21). The second-order valence-corrected chi connectivity index (χ2v) is 8.12. The van der Waals surface area contributed by atoms with Crippen LogP contribution in [-0.4, -0.2) is 27.3 Å². The van der Waals surface area contributed by atoms with Gasteiger partial charge in [-0.3, -0.25) is 14.2 Å². The van der Waals surface area contributed by atoms with Gasteiger partial charge in [-0.25, -0.2) is 4.98 Å². The average Bonchev–Trinajstić information content (AvgIpc) is 2.83. The van der Waals surface area contributed by atoms with Crippen molar-refractivity contribution in [1.29, 1.82) is 0 Å². The van der Waals surface area contributed by atoms with Crippen molar-refractivity contribution in [3.05, 3.63) is 33.4 Å². The summed E-state index contributed by atoms with van der Waals surface area (Å²) in [6, 6.07) is 0. The fourth-order valence-electron chi connectivity index (χ4n) is 2.29. The van der Waals surface area contributed by atoms with E-state index in [0.29, 0.717) is 23.6 Å². The molecule has 0 saturated heterocycles. The predicted octanol–water partition coefficient (Wildman–Crippen LogP) is 3.27. The number of allylic oxidation sites excluding steroid dienone is 1. The number of aromatic nitrogens is 2. The molecule has 0 bridgehead atoms. The van der Waals surface area contributed by atoms with E-state index in [-0.39, 0.29) is 16.7 Å². The summed E-state index contributed by atoms with van der Waals surface area (Å²) in [5.74, 6) is -0.0418. The molecule has 0 aliphatic heterocycles. The summed E-state index contributed by atoms with van der Waals surface area (Å²) in [5, 5.41) is 3.79. The fraction of sp³-hybridized carbons (Fsp3) is 0.471. The summed E-state index contributed by atoms with van der Waals surface area (Å²) in [6.45, 7) is 12.5. The average molecular weight is 366 g/mol. The van der Waals surface area contributed by atoms with Crippen molar-refractivity contribution in [1.82, 2.24) is 14.9 Å². The minimum Gasteiger partial charge on any atom is -0.355 e. The van der Waals surface area contributed by atoms with Crippen LogP contribution in [0.4, 0.5) is 0 Å². The molecule has 1 amide bonds. The molecule has 2 rings (SSSR count). The number of thioether (sulfide) groups is 1. The third kappa shape index (κ3) is 3.72. The van der Waals surface area contributed by atoms with Gasteiger partial charge in [-0.2, -0.15) is 0 Å². The number of aryl methyl sites for hydroxylation is 2. The smallest absolute Gasteiger partial charge is 0.263 e. The Labute approximate surface area is 150 Å². The van der Waals surface area contributed by atoms with Crippen molar-refractivity contribution < 1.29 is 4.79 Å². The van der Waals surface area contributed by atoms with Crippen LogP contribution in [0.25, 0.3) is 10.2 Å². The van der Waals surface area contributed by atoms with Crippen molar-refractivity contribution in [3.8, 4) is 0 Å². The van der Waals surface area contributed by atoms with Gasteiger partial charge in [0.2, 0.25) is 5.91 Å². The van der Waals surface area contributed by atoms with Gasteiger partial charge in [-0.1, -0.05) is 24.8 Å². The lowest BCUT2D eigenvalue weighted by Crippen LogP contribution is -2.32. The molecule has 0 radical (unpaired) electrons. The lowest BCUT2D eigenvalue weighted by molar-refractivity contribution is -0.120. The van der Waals surface area contributed by atoms with Crippen LogP contribution in [0, 0.1) is 13.8 Å². The van der Waals surface area contributed by atoms with Gasteiger partial charge in [0.05, 0.1) is 10.6 Å². The van der Waals surface area contributed by atoms with Crippen LogP contribution < -0.4 is 10.9 Å². The zero-order valence-corrected chi connectivity index (χ0v) is 16.1. The lowest BCUT2D eigenvalue weighted by Gasteiger charge is -2.14. The Morgan fingerprint density at radius 2 is 2.21 bits per heavy atom. The Balaban J connectivity index is 2.45. The van der Waals surface area contributed by atoms with E-state index in [1.807, 2.05) is 27.7 Å². The maximum absolute atomic E-state index is 12.9. The Morgan fingerprint density at radius 1 is 1.50 bits per heavy atom. The second kappa shape index (κ2) is 7.98. The second-order valence-electron chi connectivity index (χ2n) is 5.61. The summed E-state index contributed by atoms with van der Waals surface area (Å²) >= 11 is 2.83. The highest BCUT2D eigenvalue weighted by Gasteiger charge is 2.20. The molecule has 1 unspecified atom stereocenters. The highest BCUT2D eigenvalue weighted by atomic mass is 32.2. The molecule has 24 heavy (non-hydrogen) atoms. The first-order valence-corrected chi connectivity index (χ1v) is 9.66. The number of carbonyl (C=O) groups is 1. The van der Waals surface area contributed by atoms with E-state index in [4.69, 9.17) is 0 Å². The van der Waals surface area contributed by atoms with Crippen molar-refractivity contribution in [2.75, 3.05) is 6.54 Å². The number of hydrogen-bond donors (Lipinski definition) is 1. The van der Waals surface area contributed by atoms with Crippen LogP contribution in [0.3, 0.4) is 0 Å². The Bertz CT molecular complexity index is 823. The molecule has 0 spiro atoms. The molecule has 7 heteroatoms. The zero-order chi connectivity index (χ0) is 17.9. The van der Waals surface area contributed by atoms with Crippen molar-refractivity contribution >= 4 is 39.2 Å². The van der Waals surface area contributed by atoms with E-state index in [9.17, 15) is 9.59 Å². The predicted molar refractivity (Wildman–Crippen MR) is 102 cm³/mol. The van der Waals surface area contributed by atoms with Gasteiger partial charge in [-0.05, 0) is 32.8 Å². The number of thiophene rings is 1. The number of carbonyl (C=O) groups excluding carboxylic acids is 1. The summed E-state index contributed by atoms with van der Waals surface area (Å²) in [7, 11) is 0. The number of hydrogen-bond acceptors (Lipinski definition) is 5. The van der Waals surface area contributed by atoms with Crippen LogP contribution in [0.15, 0.2) is 22.6 Å². The molecule has 0 fully saturated rings. The molecule has 2 aromatic rings. The molecular formula is C17H23N3O2S2. The number of rotatable bonds is 7. The molecule has 0 aliphatic carbocycles. The quantitative estimate of drug-likeness (QED) is 0.465. The monoisotopic (exact) mass is 365 g/mol. The van der Waals surface area contributed by atoms with Crippen molar-refractivity contribution in [3.63, 3.8) is 0 Å². The molecule has 1 N–H and O–H groups in total. The Hall–Kier alpha value is -1.60. The Kier molecular flexibility index (Phi) is 6.23. The van der Waals surface area contributed by atoms with Crippen molar-refractivity contribution in [2.24, 2.45) is 0 Å². The van der Waals surface area contributed by atoms with Gasteiger partial charge in [0.1, 0.15) is 4.83 Å². The maximum atomic E-state index is 12.9. The number of amides is 1. The van der Waals surface area contributed by atoms with E-state index in [1.54, 1.807) is 10.6 Å². The van der Waals surface area contributed by atoms with Gasteiger partial charge >= 0.3 is 0 Å². The third-order valence-electron chi connectivity index (χ3n) is 3.77. The largest absolute Gasteiger partial charge is 0.355 e. The summed E-state index contributed by atoms with van der Waals surface area (Å²) in [6.07, 6.45) is 2.57. The minimum atomic E-state index is -0.320. The van der Waals surface area contributed by atoms with Crippen molar-refractivity contribution in [2.45, 2.75) is 51.1 Å². The molecule has 2 aromatic heterocycles. The maximum Gasteiger partial charge on any atom is 0.263 e. The number of nitrogens with zero attached hydrogens (tertiary/aromatic N) is 2. The summed E-state index contributed by atoms with van der Waals surface area (Å²) in [5.41, 5.74) is 0.918. The number of fused-ring (bicyclic) bond motifs is 1. The summed E-state index contributed by atoms with van der Waals surface area (Å²) in [4.78, 5) is 31.5. The first-order chi connectivity index (χ1) is 11.4. The molecule has 1 atom stereocenters. The SMILES string of the molecule is C=CCn1c(SC(C)C(=O)NCCC)nc2sc(C)c(C)c2c1=O. The van der Waals surface area contributed by atoms with Crippen LogP contribution in [-0.2, 0) is 11.3 Å². The molecule has 0 saturated carbocycles. The lowest BCUT2D eigenvalue weighted by atomic mass is 10.2. The van der Waals surface area contributed by atoms with Crippen LogP contribution in [0.5, 0.6) is 0 Å². The van der Waals surface area contributed by atoms with Gasteiger partial charge in [0.25, 0.3) is 5.56 Å². The minimum absolute atomic E-state index is 0.0418. The summed E-state index contributed by atoms with van der Waals surface area (Å²) < 4.78 is 1.60. The van der Waals surface area contributed by atoms with Gasteiger partial charge < -0.3 is 5.32 Å². The van der Waals surface area contributed by atoms with E-state index in [0.717, 1.165) is 21.7 Å². The molecule has 0 aliphatic rings. The first kappa shape index (κ1) is 18.7. The fourth-order valence-corrected chi connectivity index (χ4v) is 4.31. The highest BCUT2D eigenvalue weighted by Crippen LogP contribution is 2.29. The van der Waals surface area contributed by atoms with E-state index >= 15 is 0 Å². The number of nitrogens with one attached hydrogen (secondary N) is 1. The highest BCUT2D eigenvalue weighted by molar-refractivity contribution is 8.00. The van der Waals surface area contributed by atoms with Crippen LogP contribution in [0.1, 0.15) is 30.7 Å². The first-order valence-electron chi connectivity index (χ1n) is 7.96. The zero-order valence-electron chi connectivity index (χ0n) is 14.5. The van der Waals surface area contributed by atoms with E-state index in [1.165, 1.54) is 23.1 Å². The molecular weight excluding hydrogens is 342 g/mol. The molecule has 2 heterocycles. The van der Waals surface area contributed by atoms with Crippen LogP contribution in [0.2, 0.25) is 0 Å². The Morgan fingerprint density at radius 3 is 2.83 bits per heavy atom. The normalized spacial score (nSPS) is 12.3. The topological polar surface area (TPSA) is 64.0 Å². The van der Waals surface area contributed by atoms with E-state index in [2.05, 4.69) is 16.9 Å². The molecule has 0 aromatic carbocycles. The molecule has 5 nitrogen and oxygen atoms in total. The molecule has 130 valence electrons. The van der Waals surface area contributed by atoms with Gasteiger partial charge in [-0.15, -0.1) is 17.9 Å². The van der Waals surface area contributed by atoms with Crippen LogP contribution >= 0.6 is 23.1 Å². The van der Waals surface area contributed by atoms with Gasteiger partial charge in [0.15, 0.2) is 5.16 Å².